The second-order valence-corrected chi connectivity index (χ2v) is 5.68. The van der Waals surface area contributed by atoms with Crippen molar-refractivity contribution >= 4 is 0 Å². The monoisotopic (exact) mass is 276 g/mol. The maximum absolute atomic E-state index is 5.92. The molecule has 0 aromatic heterocycles. The zero-order valence-electron chi connectivity index (χ0n) is 12.7. The van der Waals surface area contributed by atoms with E-state index < -0.39 is 0 Å². The van der Waals surface area contributed by atoms with Crippen molar-refractivity contribution in [1.29, 1.82) is 0 Å². The zero-order valence-corrected chi connectivity index (χ0v) is 12.7. The summed E-state index contributed by atoms with van der Waals surface area (Å²) in [6.07, 6.45) is 4.95. The van der Waals surface area contributed by atoms with Crippen LogP contribution >= 0.6 is 0 Å². The number of hydrogen-bond acceptors (Lipinski definition) is 3. The molecule has 1 aromatic rings. The summed E-state index contributed by atoms with van der Waals surface area (Å²) in [5.74, 6) is 0. The van der Waals surface area contributed by atoms with E-state index in [-0.39, 0.29) is 0 Å². The van der Waals surface area contributed by atoms with Gasteiger partial charge in [-0.15, -0.1) is 0 Å². The van der Waals surface area contributed by atoms with Crippen molar-refractivity contribution in [3.8, 4) is 0 Å². The molecule has 1 atom stereocenters. The van der Waals surface area contributed by atoms with Crippen molar-refractivity contribution in [3.05, 3.63) is 35.4 Å². The first-order valence-corrected chi connectivity index (χ1v) is 7.94. The highest BCUT2D eigenvalue weighted by molar-refractivity contribution is 5.27. The molecule has 112 valence electrons. The van der Waals surface area contributed by atoms with Crippen LogP contribution in [0.4, 0.5) is 0 Å². The lowest BCUT2D eigenvalue weighted by Crippen LogP contribution is -2.39. The van der Waals surface area contributed by atoms with Crippen LogP contribution in [0.1, 0.15) is 37.3 Å². The van der Waals surface area contributed by atoms with Gasteiger partial charge in [-0.2, -0.15) is 0 Å². The van der Waals surface area contributed by atoms with Crippen LogP contribution < -0.4 is 5.73 Å². The van der Waals surface area contributed by atoms with Crippen molar-refractivity contribution in [2.75, 3.05) is 26.2 Å². The van der Waals surface area contributed by atoms with Crippen LogP contribution in [0.15, 0.2) is 24.3 Å². The molecule has 0 bridgehead atoms. The number of nitrogens with zero attached hydrogens (tertiary/aromatic N) is 1. The second kappa shape index (κ2) is 8.40. The Hall–Kier alpha value is -0.900. The number of nitrogens with two attached hydrogens (primary N) is 1. The van der Waals surface area contributed by atoms with E-state index >= 15 is 0 Å². The molecule has 1 aromatic carbocycles. The lowest BCUT2D eigenvalue weighted by atomic mass is 10.0. The fourth-order valence-corrected chi connectivity index (χ4v) is 2.93. The first kappa shape index (κ1) is 15.5. The molecule has 0 saturated carbocycles. The average Bonchev–Trinajstić information content (AvgIpc) is 2.48. The predicted molar refractivity (Wildman–Crippen MR) is 83.7 cm³/mol. The van der Waals surface area contributed by atoms with E-state index in [2.05, 4.69) is 36.1 Å². The van der Waals surface area contributed by atoms with Crippen LogP contribution in [0.3, 0.4) is 0 Å². The van der Waals surface area contributed by atoms with Gasteiger partial charge in [-0.1, -0.05) is 31.2 Å². The normalized spacial score (nSPS) is 20.2. The number of likely N-dealkylation sites (tertiary alicyclic amines) is 1. The molecule has 0 amide bonds. The number of hydrogen-bond donors (Lipinski definition) is 1. The third-order valence-corrected chi connectivity index (χ3v) is 3.95. The molecule has 1 aliphatic heterocycles. The highest BCUT2D eigenvalue weighted by atomic mass is 16.5. The van der Waals surface area contributed by atoms with E-state index in [0.29, 0.717) is 6.10 Å². The lowest BCUT2D eigenvalue weighted by Gasteiger charge is -2.33. The van der Waals surface area contributed by atoms with E-state index in [0.717, 1.165) is 39.1 Å². The average molecular weight is 276 g/mol. The Bertz CT molecular complexity index is 394. The standard InChI is InChI=1S/C17H28N2O/c1-2-12-20-17-8-5-11-19(14-17)13-16-7-4-3-6-15(16)9-10-18/h3-4,6-7,17H,2,5,8-14,18H2,1H3. The molecular weight excluding hydrogens is 248 g/mol. The fourth-order valence-electron chi connectivity index (χ4n) is 2.93. The fraction of sp³-hybridized carbons (Fsp3) is 0.647. The van der Waals surface area contributed by atoms with E-state index in [4.69, 9.17) is 10.5 Å². The van der Waals surface area contributed by atoms with E-state index in [1.165, 1.54) is 30.5 Å². The molecule has 1 heterocycles. The van der Waals surface area contributed by atoms with Gasteiger partial charge in [0.2, 0.25) is 0 Å². The van der Waals surface area contributed by atoms with Gasteiger partial charge in [-0.05, 0) is 49.9 Å². The second-order valence-electron chi connectivity index (χ2n) is 5.68. The molecule has 2 rings (SSSR count). The summed E-state index contributed by atoms with van der Waals surface area (Å²) in [5.41, 5.74) is 8.53. The van der Waals surface area contributed by atoms with Gasteiger partial charge in [0.15, 0.2) is 0 Å². The van der Waals surface area contributed by atoms with Crippen LogP contribution in [0.5, 0.6) is 0 Å². The summed E-state index contributed by atoms with van der Waals surface area (Å²) in [7, 11) is 0. The third-order valence-electron chi connectivity index (χ3n) is 3.95. The molecule has 1 unspecified atom stereocenters. The minimum Gasteiger partial charge on any atom is -0.377 e. The van der Waals surface area contributed by atoms with Crippen molar-refractivity contribution in [2.24, 2.45) is 5.73 Å². The molecule has 3 heteroatoms. The molecule has 1 saturated heterocycles. The van der Waals surface area contributed by atoms with E-state index in [1.54, 1.807) is 0 Å². The molecular formula is C17H28N2O. The van der Waals surface area contributed by atoms with Crippen LogP contribution in [-0.2, 0) is 17.7 Å². The molecule has 20 heavy (non-hydrogen) atoms. The Morgan fingerprint density at radius 2 is 2.10 bits per heavy atom. The Balaban J connectivity index is 1.92. The first-order chi connectivity index (χ1) is 9.83. The largest absolute Gasteiger partial charge is 0.377 e. The lowest BCUT2D eigenvalue weighted by molar-refractivity contribution is -0.00228. The molecule has 1 fully saturated rings. The van der Waals surface area contributed by atoms with Gasteiger partial charge in [-0.25, -0.2) is 0 Å². The van der Waals surface area contributed by atoms with Gasteiger partial charge in [-0.3, -0.25) is 4.90 Å². The molecule has 2 N–H and O–H groups in total. The van der Waals surface area contributed by atoms with Gasteiger partial charge >= 0.3 is 0 Å². The molecule has 3 nitrogen and oxygen atoms in total. The van der Waals surface area contributed by atoms with Gasteiger partial charge < -0.3 is 10.5 Å². The minimum atomic E-state index is 0.422. The Kier molecular flexibility index (Phi) is 6.51. The summed E-state index contributed by atoms with van der Waals surface area (Å²) in [6.45, 7) is 7.06. The maximum atomic E-state index is 5.92. The molecule has 0 radical (unpaired) electrons. The highest BCUT2D eigenvalue weighted by Crippen LogP contribution is 2.18. The Morgan fingerprint density at radius 3 is 2.85 bits per heavy atom. The summed E-state index contributed by atoms with van der Waals surface area (Å²) in [5, 5.41) is 0. The number of ether oxygens (including phenoxy) is 1. The third kappa shape index (κ3) is 4.58. The van der Waals surface area contributed by atoms with Crippen LogP contribution in [0.2, 0.25) is 0 Å². The van der Waals surface area contributed by atoms with Crippen molar-refractivity contribution in [3.63, 3.8) is 0 Å². The number of benzene rings is 1. The Morgan fingerprint density at radius 1 is 1.30 bits per heavy atom. The summed E-state index contributed by atoms with van der Waals surface area (Å²) in [6, 6.07) is 8.68. The molecule has 0 spiro atoms. The maximum Gasteiger partial charge on any atom is 0.0702 e. The van der Waals surface area contributed by atoms with Gasteiger partial charge in [0.25, 0.3) is 0 Å². The minimum absolute atomic E-state index is 0.422. The predicted octanol–water partition coefficient (Wildman–Crippen LogP) is 2.58. The summed E-state index contributed by atoms with van der Waals surface area (Å²) in [4.78, 5) is 2.53. The summed E-state index contributed by atoms with van der Waals surface area (Å²) < 4.78 is 5.92. The number of rotatable bonds is 7. The molecule has 0 aliphatic carbocycles. The SMILES string of the molecule is CCCOC1CCCN(Cc2ccccc2CCN)C1. The molecule has 1 aliphatic rings. The van der Waals surface area contributed by atoms with E-state index in [1.807, 2.05) is 0 Å². The topological polar surface area (TPSA) is 38.5 Å². The van der Waals surface area contributed by atoms with Crippen LogP contribution in [0.25, 0.3) is 0 Å². The van der Waals surface area contributed by atoms with Crippen LogP contribution in [0, 0.1) is 0 Å². The zero-order chi connectivity index (χ0) is 14.2. The van der Waals surface area contributed by atoms with Crippen molar-refractivity contribution in [1.82, 2.24) is 4.90 Å². The van der Waals surface area contributed by atoms with Crippen molar-refractivity contribution in [2.45, 2.75) is 45.3 Å². The van der Waals surface area contributed by atoms with Gasteiger partial charge in [0, 0.05) is 19.7 Å². The van der Waals surface area contributed by atoms with Gasteiger partial charge in [0.1, 0.15) is 0 Å². The van der Waals surface area contributed by atoms with Gasteiger partial charge in [0.05, 0.1) is 6.10 Å². The smallest absolute Gasteiger partial charge is 0.0702 e. The van der Waals surface area contributed by atoms with E-state index in [9.17, 15) is 0 Å². The Labute approximate surface area is 123 Å². The summed E-state index contributed by atoms with van der Waals surface area (Å²) >= 11 is 0. The van der Waals surface area contributed by atoms with Crippen LogP contribution in [-0.4, -0.2) is 37.2 Å². The quantitative estimate of drug-likeness (QED) is 0.832. The highest BCUT2D eigenvalue weighted by Gasteiger charge is 2.20. The van der Waals surface area contributed by atoms with Crippen molar-refractivity contribution < 1.29 is 4.74 Å². The number of piperidine rings is 1. The first-order valence-electron chi connectivity index (χ1n) is 7.94.